The number of methoxy groups -OCH3 is 1. The number of hydrogen-bond donors (Lipinski definition) is 0. The number of aryl methyl sites for hydroxylation is 1. The zero-order valence-electron chi connectivity index (χ0n) is 10.8. The third-order valence-corrected chi connectivity index (χ3v) is 3.58. The van der Waals surface area contributed by atoms with E-state index in [0.717, 1.165) is 17.4 Å². The van der Waals surface area contributed by atoms with Crippen LogP contribution in [0, 0.1) is 0 Å². The second-order valence-electron chi connectivity index (χ2n) is 4.21. The van der Waals surface area contributed by atoms with E-state index in [1.54, 1.807) is 0 Å². The maximum absolute atomic E-state index is 11.5. The van der Waals surface area contributed by atoms with Crippen LogP contribution in [0.5, 0.6) is 0 Å². The Morgan fingerprint density at radius 2 is 2.39 bits per heavy atom. The van der Waals surface area contributed by atoms with Crippen molar-refractivity contribution in [1.29, 1.82) is 0 Å². The maximum Gasteiger partial charge on any atom is 0.336 e. The Labute approximate surface area is 110 Å². The van der Waals surface area contributed by atoms with Gasteiger partial charge in [-0.3, -0.25) is 0 Å². The first kappa shape index (κ1) is 13.2. The molecular formula is C11H17N3O3S. The Morgan fingerprint density at radius 3 is 3.00 bits per heavy atom. The lowest BCUT2D eigenvalue weighted by atomic mass is 10.2. The minimum absolute atomic E-state index is 0.0307. The molecule has 7 heteroatoms. The molecule has 100 valence electrons. The number of carbonyl (C=O) groups is 1. The summed E-state index contributed by atoms with van der Waals surface area (Å²) >= 11 is 1.36. The molecule has 0 saturated carbocycles. The average Bonchev–Trinajstić information content (AvgIpc) is 2.85. The Hall–Kier alpha value is -1.21. The van der Waals surface area contributed by atoms with E-state index in [9.17, 15) is 4.79 Å². The van der Waals surface area contributed by atoms with Gasteiger partial charge in [0.15, 0.2) is 6.10 Å². The summed E-state index contributed by atoms with van der Waals surface area (Å²) in [5.74, 6) is 0.496. The average molecular weight is 271 g/mol. The number of aromatic nitrogens is 2. The second kappa shape index (κ2) is 5.62. The van der Waals surface area contributed by atoms with Crippen molar-refractivity contribution < 1.29 is 14.3 Å². The van der Waals surface area contributed by atoms with Gasteiger partial charge in [-0.1, -0.05) is 6.92 Å². The number of nitrogens with zero attached hydrogens (tertiary/aromatic N) is 3. The normalized spacial score (nSPS) is 24.1. The van der Waals surface area contributed by atoms with Gasteiger partial charge in [-0.2, -0.15) is 4.37 Å². The molecule has 0 spiro atoms. The highest BCUT2D eigenvalue weighted by Gasteiger charge is 2.32. The monoisotopic (exact) mass is 271 g/mol. The molecule has 1 aromatic heterocycles. The summed E-state index contributed by atoms with van der Waals surface area (Å²) in [6, 6.07) is 0. The van der Waals surface area contributed by atoms with Crippen LogP contribution < -0.4 is 4.90 Å². The fourth-order valence-electron chi connectivity index (χ4n) is 1.89. The Kier molecular flexibility index (Phi) is 4.13. The van der Waals surface area contributed by atoms with Crippen LogP contribution in [-0.2, 0) is 20.7 Å². The van der Waals surface area contributed by atoms with Gasteiger partial charge in [-0.15, -0.1) is 0 Å². The van der Waals surface area contributed by atoms with Crippen molar-refractivity contribution in [1.82, 2.24) is 9.36 Å². The molecule has 2 rings (SSSR count). The van der Waals surface area contributed by atoms with E-state index in [2.05, 4.69) is 9.36 Å². The summed E-state index contributed by atoms with van der Waals surface area (Å²) in [4.78, 5) is 18.0. The third-order valence-electron chi connectivity index (χ3n) is 2.77. The molecule has 2 heterocycles. The lowest BCUT2D eigenvalue weighted by Crippen LogP contribution is -2.50. The van der Waals surface area contributed by atoms with Crippen LogP contribution in [0.15, 0.2) is 0 Å². The van der Waals surface area contributed by atoms with Gasteiger partial charge < -0.3 is 14.4 Å². The van der Waals surface area contributed by atoms with Crippen molar-refractivity contribution in [3.63, 3.8) is 0 Å². The van der Waals surface area contributed by atoms with E-state index in [0.29, 0.717) is 13.1 Å². The minimum Gasteiger partial charge on any atom is -0.467 e. The summed E-state index contributed by atoms with van der Waals surface area (Å²) in [5, 5.41) is 0.843. The summed E-state index contributed by atoms with van der Waals surface area (Å²) in [7, 11) is 1.37. The number of esters is 1. The molecule has 1 aliphatic rings. The highest BCUT2D eigenvalue weighted by Crippen LogP contribution is 2.22. The highest BCUT2D eigenvalue weighted by atomic mass is 32.1. The minimum atomic E-state index is -0.548. The molecule has 6 nitrogen and oxygen atoms in total. The molecule has 1 saturated heterocycles. The topological polar surface area (TPSA) is 64.6 Å². The van der Waals surface area contributed by atoms with E-state index in [4.69, 9.17) is 9.47 Å². The lowest BCUT2D eigenvalue weighted by Gasteiger charge is -2.34. The van der Waals surface area contributed by atoms with Gasteiger partial charge >= 0.3 is 5.97 Å². The molecule has 1 aliphatic heterocycles. The van der Waals surface area contributed by atoms with Crippen molar-refractivity contribution in [2.75, 3.05) is 25.1 Å². The molecule has 0 aromatic carbocycles. The van der Waals surface area contributed by atoms with Gasteiger partial charge in [0.2, 0.25) is 5.13 Å². The highest BCUT2D eigenvalue weighted by molar-refractivity contribution is 7.09. The van der Waals surface area contributed by atoms with Crippen molar-refractivity contribution in [3.05, 3.63) is 5.82 Å². The molecule has 1 unspecified atom stereocenters. The Bertz CT molecular complexity index is 423. The van der Waals surface area contributed by atoms with Gasteiger partial charge in [0.05, 0.1) is 19.8 Å². The SMILES string of the molecule is CCc1nsc(N2CC(C(=O)OC)O[C@H](C)C2)n1. The molecule has 0 N–H and O–H groups in total. The number of ether oxygens (including phenoxy) is 2. The van der Waals surface area contributed by atoms with Gasteiger partial charge in [0, 0.05) is 24.5 Å². The molecular weight excluding hydrogens is 254 g/mol. The number of hydrogen-bond acceptors (Lipinski definition) is 7. The smallest absolute Gasteiger partial charge is 0.336 e. The predicted molar refractivity (Wildman–Crippen MR) is 67.9 cm³/mol. The largest absolute Gasteiger partial charge is 0.467 e. The molecule has 0 aliphatic carbocycles. The van der Waals surface area contributed by atoms with Gasteiger partial charge in [0.25, 0.3) is 0 Å². The van der Waals surface area contributed by atoms with Gasteiger partial charge in [-0.05, 0) is 6.92 Å². The molecule has 2 atom stereocenters. The van der Waals surface area contributed by atoms with E-state index in [1.807, 2.05) is 18.7 Å². The van der Waals surface area contributed by atoms with E-state index in [1.165, 1.54) is 18.6 Å². The van der Waals surface area contributed by atoms with Crippen LogP contribution in [0.25, 0.3) is 0 Å². The van der Waals surface area contributed by atoms with Crippen molar-refractivity contribution >= 4 is 22.6 Å². The van der Waals surface area contributed by atoms with Crippen LogP contribution in [0.3, 0.4) is 0 Å². The first-order valence-corrected chi connectivity index (χ1v) is 6.72. The Balaban J connectivity index is 2.10. The quantitative estimate of drug-likeness (QED) is 0.760. The number of anilines is 1. The zero-order valence-corrected chi connectivity index (χ0v) is 11.6. The second-order valence-corrected chi connectivity index (χ2v) is 4.94. The first-order chi connectivity index (χ1) is 8.63. The van der Waals surface area contributed by atoms with Crippen LogP contribution in [0.4, 0.5) is 5.13 Å². The fraction of sp³-hybridized carbons (Fsp3) is 0.727. The zero-order chi connectivity index (χ0) is 13.1. The third kappa shape index (κ3) is 2.78. The number of rotatable bonds is 3. The maximum atomic E-state index is 11.5. The summed E-state index contributed by atoms with van der Waals surface area (Å²) in [6.07, 6.45) is 0.237. The molecule has 0 amide bonds. The summed E-state index contributed by atoms with van der Waals surface area (Å²) in [6.45, 7) is 5.14. The van der Waals surface area contributed by atoms with Crippen molar-refractivity contribution in [3.8, 4) is 0 Å². The molecule has 18 heavy (non-hydrogen) atoms. The standard InChI is InChI=1S/C11H17N3O3S/c1-4-9-12-11(18-13-9)14-5-7(2)17-8(6-14)10(15)16-3/h7-8H,4-6H2,1-3H3/t7-,8?/m1/s1. The van der Waals surface area contributed by atoms with Crippen molar-refractivity contribution in [2.45, 2.75) is 32.5 Å². The molecule has 1 fully saturated rings. The number of morpholine rings is 1. The first-order valence-electron chi connectivity index (χ1n) is 5.94. The molecule has 1 aromatic rings. The Morgan fingerprint density at radius 1 is 1.61 bits per heavy atom. The van der Waals surface area contributed by atoms with Crippen molar-refractivity contribution in [2.24, 2.45) is 0 Å². The predicted octanol–water partition coefficient (Wildman–Crippen LogP) is 0.867. The van der Waals surface area contributed by atoms with Crippen LogP contribution >= 0.6 is 11.5 Å². The molecule has 0 bridgehead atoms. The lowest BCUT2D eigenvalue weighted by molar-refractivity contribution is -0.158. The van der Waals surface area contributed by atoms with Crippen LogP contribution in [-0.4, -0.2) is 47.7 Å². The van der Waals surface area contributed by atoms with Gasteiger partial charge in [0.1, 0.15) is 5.82 Å². The van der Waals surface area contributed by atoms with Crippen LogP contribution in [0.2, 0.25) is 0 Å². The fourth-order valence-corrected chi connectivity index (χ4v) is 2.65. The summed E-state index contributed by atoms with van der Waals surface area (Å²) in [5.41, 5.74) is 0. The molecule has 0 radical (unpaired) electrons. The van der Waals surface area contributed by atoms with Gasteiger partial charge in [-0.25, -0.2) is 9.78 Å². The van der Waals surface area contributed by atoms with E-state index >= 15 is 0 Å². The van der Waals surface area contributed by atoms with Crippen LogP contribution in [0.1, 0.15) is 19.7 Å². The summed E-state index contributed by atoms with van der Waals surface area (Å²) < 4.78 is 14.5. The van der Waals surface area contributed by atoms with E-state index in [-0.39, 0.29) is 12.1 Å². The van der Waals surface area contributed by atoms with E-state index < -0.39 is 6.10 Å². The number of carbonyl (C=O) groups excluding carboxylic acids is 1.